The largest absolute Gasteiger partial charge is 0.380 e. The molecular formula is C10H18N2O2. The number of hydrogen-bond donors (Lipinski definition) is 2. The predicted octanol–water partition coefficient (Wildman–Crippen LogP) is 0.0409. The molecule has 0 bridgehead atoms. The van der Waals surface area contributed by atoms with Gasteiger partial charge in [-0.15, -0.1) is 0 Å². The summed E-state index contributed by atoms with van der Waals surface area (Å²) in [4.78, 5) is 11.5. The monoisotopic (exact) mass is 198 g/mol. The standard InChI is InChI=1S/C10H18N2O2/c1-7(14-2)6-12-10(13)8-3-4-9(11)5-8/h3-4,7-9H,5-6,11H2,1-2H3,(H,12,13). The third kappa shape index (κ3) is 3.12. The predicted molar refractivity (Wildman–Crippen MR) is 54.7 cm³/mol. The maximum Gasteiger partial charge on any atom is 0.227 e. The lowest BCUT2D eigenvalue weighted by Crippen LogP contribution is -2.35. The highest BCUT2D eigenvalue weighted by Crippen LogP contribution is 2.15. The average molecular weight is 198 g/mol. The molecular weight excluding hydrogens is 180 g/mol. The molecule has 1 aliphatic rings. The van der Waals surface area contributed by atoms with Crippen molar-refractivity contribution >= 4 is 5.91 Å². The van der Waals surface area contributed by atoms with E-state index in [9.17, 15) is 4.79 Å². The molecule has 0 aromatic rings. The van der Waals surface area contributed by atoms with Crippen LogP contribution in [0.25, 0.3) is 0 Å². The minimum absolute atomic E-state index is 0.0330. The van der Waals surface area contributed by atoms with Gasteiger partial charge in [0.05, 0.1) is 12.0 Å². The van der Waals surface area contributed by atoms with E-state index in [4.69, 9.17) is 10.5 Å². The fourth-order valence-electron chi connectivity index (χ4n) is 1.38. The van der Waals surface area contributed by atoms with E-state index in [1.165, 1.54) is 0 Å². The maximum absolute atomic E-state index is 11.5. The highest BCUT2D eigenvalue weighted by atomic mass is 16.5. The molecule has 80 valence electrons. The van der Waals surface area contributed by atoms with E-state index >= 15 is 0 Å². The maximum atomic E-state index is 11.5. The molecule has 0 saturated carbocycles. The topological polar surface area (TPSA) is 64.3 Å². The Bertz CT molecular complexity index is 228. The summed E-state index contributed by atoms with van der Waals surface area (Å²) in [5.41, 5.74) is 5.65. The van der Waals surface area contributed by atoms with Crippen molar-refractivity contribution in [2.45, 2.75) is 25.5 Å². The second-order valence-electron chi connectivity index (χ2n) is 3.68. The van der Waals surface area contributed by atoms with Crippen LogP contribution in [-0.4, -0.2) is 31.7 Å². The Kier molecular flexibility index (Phi) is 4.10. The molecule has 3 unspecified atom stereocenters. The SMILES string of the molecule is COC(C)CNC(=O)C1C=CC(N)C1. The molecule has 4 heteroatoms. The molecule has 0 aliphatic heterocycles. The van der Waals surface area contributed by atoms with E-state index in [1.807, 2.05) is 19.1 Å². The van der Waals surface area contributed by atoms with Gasteiger partial charge in [0.25, 0.3) is 0 Å². The van der Waals surface area contributed by atoms with Gasteiger partial charge in [0.1, 0.15) is 0 Å². The molecule has 1 aliphatic carbocycles. The molecule has 4 nitrogen and oxygen atoms in total. The van der Waals surface area contributed by atoms with Crippen LogP contribution < -0.4 is 11.1 Å². The third-order valence-corrected chi connectivity index (χ3v) is 2.42. The number of rotatable bonds is 4. The number of methoxy groups -OCH3 is 1. The van der Waals surface area contributed by atoms with Gasteiger partial charge in [0.2, 0.25) is 5.91 Å². The molecule has 3 atom stereocenters. The number of carbonyl (C=O) groups is 1. The van der Waals surface area contributed by atoms with Crippen LogP contribution in [0.5, 0.6) is 0 Å². The Balaban J connectivity index is 2.26. The van der Waals surface area contributed by atoms with Crippen LogP contribution in [-0.2, 0) is 9.53 Å². The van der Waals surface area contributed by atoms with Crippen LogP contribution in [0.15, 0.2) is 12.2 Å². The van der Waals surface area contributed by atoms with Gasteiger partial charge >= 0.3 is 0 Å². The summed E-state index contributed by atoms with van der Waals surface area (Å²) in [6.45, 7) is 2.46. The first-order chi connectivity index (χ1) is 6.63. The Morgan fingerprint density at radius 1 is 1.71 bits per heavy atom. The zero-order valence-corrected chi connectivity index (χ0v) is 8.69. The molecule has 14 heavy (non-hydrogen) atoms. The Morgan fingerprint density at radius 2 is 2.43 bits per heavy atom. The van der Waals surface area contributed by atoms with Gasteiger partial charge in [-0.05, 0) is 13.3 Å². The third-order valence-electron chi connectivity index (χ3n) is 2.42. The summed E-state index contributed by atoms with van der Waals surface area (Å²) in [5.74, 6) is -0.0212. The Labute approximate surface area is 84.5 Å². The fourth-order valence-corrected chi connectivity index (χ4v) is 1.38. The highest BCUT2D eigenvalue weighted by molar-refractivity contribution is 5.81. The summed E-state index contributed by atoms with van der Waals surface area (Å²) >= 11 is 0. The quantitative estimate of drug-likeness (QED) is 0.627. The van der Waals surface area contributed by atoms with E-state index in [2.05, 4.69) is 5.32 Å². The molecule has 0 heterocycles. The zero-order valence-electron chi connectivity index (χ0n) is 8.69. The van der Waals surface area contributed by atoms with Crippen molar-refractivity contribution in [1.29, 1.82) is 0 Å². The molecule has 1 rings (SSSR count). The van der Waals surface area contributed by atoms with E-state index < -0.39 is 0 Å². The number of hydrogen-bond acceptors (Lipinski definition) is 3. The Hall–Kier alpha value is -0.870. The first-order valence-electron chi connectivity index (χ1n) is 4.88. The van der Waals surface area contributed by atoms with Crippen LogP contribution in [0.2, 0.25) is 0 Å². The molecule has 0 saturated heterocycles. The summed E-state index contributed by atoms with van der Waals surface area (Å²) in [6.07, 6.45) is 4.52. The van der Waals surface area contributed by atoms with Gasteiger partial charge in [-0.1, -0.05) is 12.2 Å². The number of nitrogens with one attached hydrogen (secondary N) is 1. The molecule has 0 fully saturated rings. The summed E-state index contributed by atoms with van der Waals surface area (Å²) in [6, 6.07) is 0.0330. The number of nitrogens with two attached hydrogens (primary N) is 1. The first-order valence-corrected chi connectivity index (χ1v) is 4.88. The lowest BCUT2D eigenvalue weighted by molar-refractivity contribution is -0.124. The molecule has 0 aromatic heterocycles. The van der Waals surface area contributed by atoms with Crippen molar-refractivity contribution in [3.8, 4) is 0 Å². The van der Waals surface area contributed by atoms with Gasteiger partial charge in [-0.3, -0.25) is 4.79 Å². The van der Waals surface area contributed by atoms with E-state index in [0.29, 0.717) is 13.0 Å². The molecule has 1 amide bonds. The van der Waals surface area contributed by atoms with Gasteiger partial charge in [-0.25, -0.2) is 0 Å². The summed E-state index contributed by atoms with van der Waals surface area (Å²) in [7, 11) is 1.63. The zero-order chi connectivity index (χ0) is 10.6. The van der Waals surface area contributed by atoms with E-state index in [-0.39, 0.29) is 24.0 Å². The van der Waals surface area contributed by atoms with Crippen LogP contribution in [0.4, 0.5) is 0 Å². The minimum Gasteiger partial charge on any atom is -0.380 e. The minimum atomic E-state index is -0.0611. The summed E-state index contributed by atoms with van der Waals surface area (Å²) in [5, 5.41) is 2.83. The molecule has 0 spiro atoms. The molecule has 0 radical (unpaired) electrons. The molecule has 0 aromatic carbocycles. The fraction of sp³-hybridized carbons (Fsp3) is 0.700. The summed E-state index contributed by atoms with van der Waals surface area (Å²) < 4.78 is 5.03. The Morgan fingerprint density at radius 3 is 2.93 bits per heavy atom. The van der Waals surface area contributed by atoms with Crippen molar-refractivity contribution in [3.05, 3.63) is 12.2 Å². The highest BCUT2D eigenvalue weighted by Gasteiger charge is 2.22. The van der Waals surface area contributed by atoms with Crippen LogP contribution in [0.1, 0.15) is 13.3 Å². The van der Waals surface area contributed by atoms with Crippen LogP contribution >= 0.6 is 0 Å². The van der Waals surface area contributed by atoms with Crippen molar-refractivity contribution in [2.75, 3.05) is 13.7 Å². The normalized spacial score (nSPS) is 27.6. The number of carbonyl (C=O) groups excluding carboxylic acids is 1. The van der Waals surface area contributed by atoms with Crippen molar-refractivity contribution in [1.82, 2.24) is 5.32 Å². The van der Waals surface area contributed by atoms with Gasteiger partial charge in [-0.2, -0.15) is 0 Å². The van der Waals surface area contributed by atoms with Gasteiger partial charge in [0.15, 0.2) is 0 Å². The van der Waals surface area contributed by atoms with Gasteiger partial charge < -0.3 is 15.8 Å². The van der Waals surface area contributed by atoms with E-state index in [1.54, 1.807) is 7.11 Å². The first kappa shape index (κ1) is 11.2. The second kappa shape index (κ2) is 5.12. The smallest absolute Gasteiger partial charge is 0.227 e. The van der Waals surface area contributed by atoms with E-state index in [0.717, 1.165) is 0 Å². The number of ether oxygens (including phenoxy) is 1. The van der Waals surface area contributed by atoms with Crippen molar-refractivity contribution in [3.63, 3.8) is 0 Å². The van der Waals surface area contributed by atoms with Crippen LogP contribution in [0, 0.1) is 5.92 Å². The second-order valence-corrected chi connectivity index (χ2v) is 3.68. The van der Waals surface area contributed by atoms with Crippen molar-refractivity contribution in [2.24, 2.45) is 11.7 Å². The van der Waals surface area contributed by atoms with Crippen LogP contribution in [0.3, 0.4) is 0 Å². The van der Waals surface area contributed by atoms with Gasteiger partial charge in [0, 0.05) is 19.7 Å². The lowest BCUT2D eigenvalue weighted by Gasteiger charge is -2.13. The van der Waals surface area contributed by atoms with Crippen molar-refractivity contribution < 1.29 is 9.53 Å². The lowest BCUT2D eigenvalue weighted by atomic mass is 10.1. The number of amides is 1. The molecule has 3 N–H and O–H groups in total. The average Bonchev–Trinajstić information content (AvgIpc) is 2.60.